The normalized spacial score (nSPS) is 14.5. The Morgan fingerprint density at radius 1 is 0.846 bits per heavy atom. The molecule has 196 valence electrons. The van der Waals surface area contributed by atoms with Gasteiger partial charge in [-0.15, -0.1) is 0 Å². The van der Waals surface area contributed by atoms with Gasteiger partial charge in [-0.25, -0.2) is 9.69 Å². The summed E-state index contributed by atoms with van der Waals surface area (Å²) in [5.74, 6) is -0.00198. The van der Waals surface area contributed by atoms with Crippen LogP contribution in [-0.2, 0) is 16.2 Å². The van der Waals surface area contributed by atoms with Gasteiger partial charge in [-0.2, -0.15) is 0 Å². The Morgan fingerprint density at radius 3 is 2.31 bits per heavy atom. The second-order valence-corrected chi connectivity index (χ2v) is 8.93. The van der Waals surface area contributed by atoms with Gasteiger partial charge in [0.1, 0.15) is 29.4 Å². The minimum Gasteiger partial charge on any atom is -0.497 e. The SMILES string of the molecule is COc1ccc(N2C(=O)NC(=O)/C(=C\c3ccc(OC)cc3OCc3c(C)ccc4ccccc34)C2=O)cc1. The van der Waals surface area contributed by atoms with Gasteiger partial charge in [0.05, 0.1) is 19.9 Å². The zero-order chi connectivity index (χ0) is 27.5. The number of benzene rings is 4. The fraction of sp³-hybridized carbons (Fsp3) is 0.129. The summed E-state index contributed by atoms with van der Waals surface area (Å²) in [6.07, 6.45) is 1.42. The number of barbiturate groups is 1. The maximum Gasteiger partial charge on any atom is 0.335 e. The molecule has 8 heteroatoms. The summed E-state index contributed by atoms with van der Waals surface area (Å²) in [5, 5.41) is 4.43. The molecule has 0 unspecified atom stereocenters. The number of aryl methyl sites for hydroxylation is 1. The molecule has 5 rings (SSSR count). The number of urea groups is 1. The predicted molar refractivity (Wildman–Crippen MR) is 148 cm³/mol. The van der Waals surface area contributed by atoms with Crippen molar-refractivity contribution in [2.24, 2.45) is 0 Å². The van der Waals surface area contributed by atoms with Gasteiger partial charge in [0.2, 0.25) is 0 Å². The smallest absolute Gasteiger partial charge is 0.335 e. The number of imide groups is 2. The number of carbonyl (C=O) groups is 3. The Labute approximate surface area is 225 Å². The molecule has 0 spiro atoms. The summed E-state index contributed by atoms with van der Waals surface area (Å²) < 4.78 is 16.8. The van der Waals surface area contributed by atoms with E-state index < -0.39 is 17.8 Å². The van der Waals surface area contributed by atoms with E-state index >= 15 is 0 Å². The summed E-state index contributed by atoms with van der Waals surface area (Å²) in [6, 6.07) is 22.8. The van der Waals surface area contributed by atoms with Crippen molar-refractivity contribution in [1.29, 1.82) is 0 Å². The van der Waals surface area contributed by atoms with E-state index in [0.29, 0.717) is 28.5 Å². The van der Waals surface area contributed by atoms with Crippen LogP contribution in [0.2, 0.25) is 0 Å². The Morgan fingerprint density at radius 2 is 1.56 bits per heavy atom. The Bertz CT molecular complexity index is 1620. The first-order valence-corrected chi connectivity index (χ1v) is 12.2. The highest BCUT2D eigenvalue weighted by atomic mass is 16.5. The molecular weight excluding hydrogens is 496 g/mol. The second-order valence-electron chi connectivity index (χ2n) is 8.93. The Hall–Kier alpha value is -5.11. The molecule has 1 aliphatic heterocycles. The highest BCUT2D eigenvalue weighted by Crippen LogP contribution is 2.31. The lowest BCUT2D eigenvalue weighted by Crippen LogP contribution is -2.54. The molecule has 1 heterocycles. The molecule has 4 aromatic rings. The quantitative estimate of drug-likeness (QED) is 0.258. The molecule has 1 aliphatic rings. The Balaban J connectivity index is 1.50. The molecule has 39 heavy (non-hydrogen) atoms. The number of amides is 4. The van der Waals surface area contributed by atoms with E-state index in [1.54, 1.807) is 49.6 Å². The largest absolute Gasteiger partial charge is 0.497 e. The summed E-state index contributed by atoms with van der Waals surface area (Å²) in [7, 11) is 3.06. The molecule has 1 saturated heterocycles. The van der Waals surface area contributed by atoms with Gasteiger partial charge in [-0.1, -0.05) is 36.4 Å². The maximum absolute atomic E-state index is 13.4. The average molecular weight is 523 g/mol. The zero-order valence-electron chi connectivity index (χ0n) is 21.7. The number of rotatable bonds is 7. The fourth-order valence-corrected chi connectivity index (χ4v) is 4.45. The van der Waals surface area contributed by atoms with Crippen LogP contribution in [0, 0.1) is 6.92 Å². The monoisotopic (exact) mass is 522 g/mol. The van der Waals surface area contributed by atoms with Gasteiger partial charge in [0, 0.05) is 17.2 Å². The topological polar surface area (TPSA) is 94.2 Å². The van der Waals surface area contributed by atoms with Gasteiger partial charge in [-0.05, 0) is 65.7 Å². The van der Waals surface area contributed by atoms with Crippen LogP contribution in [-0.4, -0.2) is 32.1 Å². The van der Waals surface area contributed by atoms with Crippen LogP contribution in [0.4, 0.5) is 10.5 Å². The molecule has 0 aliphatic carbocycles. The van der Waals surface area contributed by atoms with E-state index in [1.165, 1.54) is 13.2 Å². The molecule has 8 nitrogen and oxygen atoms in total. The molecular formula is C31H26N2O6. The van der Waals surface area contributed by atoms with Crippen LogP contribution in [0.3, 0.4) is 0 Å². The summed E-state index contributed by atoms with van der Waals surface area (Å²) in [6.45, 7) is 2.28. The predicted octanol–water partition coefficient (Wildman–Crippen LogP) is 5.41. The lowest BCUT2D eigenvalue weighted by atomic mass is 10.0. The van der Waals surface area contributed by atoms with Crippen molar-refractivity contribution in [3.8, 4) is 17.2 Å². The molecule has 4 aromatic carbocycles. The number of nitrogens with zero attached hydrogens (tertiary/aromatic N) is 1. The number of methoxy groups -OCH3 is 2. The zero-order valence-corrected chi connectivity index (χ0v) is 21.7. The summed E-state index contributed by atoms with van der Waals surface area (Å²) in [5.41, 5.74) is 2.68. The van der Waals surface area contributed by atoms with Gasteiger partial charge in [0.25, 0.3) is 11.8 Å². The molecule has 0 saturated carbocycles. The van der Waals surface area contributed by atoms with E-state index in [-0.39, 0.29) is 12.2 Å². The minimum absolute atomic E-state index is 0.207. The van der Waals surface area contributed by atoms with Crippen molar-refractivity contribution < 1.29 is 28.6 Å². The van der Waals surface area contributed by atoms with Gasteiger partial charge in [0.15, 0.2) is 0 Å². The molecule has 1 fully saturated rings. The van der Waals surface area contributed by atoms with E-state index in [4.69, 9.17) is 14.2 Å². The molecule has 0 radical (unpaired) electrons. The molecule has 1 N–H and O–H groups in total. The first-order valence-electron chi connectivity index (χ1n) is 12.2. The summed E-state index contributed by atoms with van der Waals surface area (Å²) in [4.78, 5) is 39.7. The number of hydrogen-bond donors (Lipinski definition) is 1. The third-order valence-corrected chi connectivity index (χ3v) is 6.60. The van der Waals surface area contributed by atoms with Crippen molar-refractivity contribution in [3.63, 3.8) is 0 Å². The van der Waals surface area contributed by atoms with E-state index in [9.17, 15) is 14.4 Å². The first kappa shape index (κ1) is 25.5. The average Bonchev–Trinajstić information content (AvgIpc) is 2.95. The molecule has 0 bridgehead atoms. The highest BCUT2D eigenvalue weighted by Gasteiger charge is 2.37. The van der Waals surface area contributed by atoms with Crippen molar-refractivity contribution in [2.45, 2.75) is 13.5 Å². The lowest BCUT2D eigenvalue weighted by Gasteiger charge is -2.26. The highest BCUT2D eigenvalue weighted by molar-refractivity contribution is 6.39. The first-order chi connectivity index (χ1) is 18.9. The van der Waals surface area contributed by atoms with Gasteiger partial charge >= 0.3 is 6.03 Å². The van der Waals surface area contributed by atoms with E-state index in [2.05, 4.69) is 11.4 Å². The minimum atomic E-state index is -0.829. The number of hydrogen-bond acceptors (Lipinski definition) is 6. The van der Waals surface area contributed by atoms with Crippen LogP contribution in [0.1, 0.15) is 16.7 Å². The van der Waals surface area contributed by atoms with Crippen molar-refractivity contribution >= 4 is 40.4 Å². The van der Waals surface area contributed by atoms with Gasteiger partial charge < -0.3 is 14.2 Å². The van der Waals surface area contributed by atoms with Crippen LogP contribution in [0.15, 0.2) is 84.4 Å². The lowest BCUT2D eigenvalue weighted by molar-refractivity contribution is -0.122. The van der Waals surface area contributed by atoms with E-state index in [1.807, 2.05) is 37.3 Å². The van der Waals surface area contributed by atoms with Gasteiger partial charge in [-0.3, -0.25) is 14.9 Å². The number of carbonyl (C=O) groups excluding carboxylic acids is 3. The fourth-order valence-electron chi connectivity index (χ4n) is 4.45. The van der Waals surface area contributed by atoms with Crippen molar-refractivity contribution in [1.82, 2.24) is 5.32 Å². The third-order valence-electron chi connectivity index (χ3n) is 6.60. The van der Waals surface area contributed by atoms with Crippen LogP contribution >= 0.6 is 0 Å². The number of fused-ring (bicyclic) bond motifs is 1. The van der Waals surface area contributed by atoms with Crippen molar-refractivity contribution in [2.75, 3.05) is 19.1 Å². The number of nitrogens with one attached hydrogen (secondary N) is 1. The maximum atomic E-state index is 13.4. The van der Waals surface area contributed by atoms with Crippen LogP contribution in [0.25, 0.3) is 16.8 Å². The van der Waals surface area contributed by atoms with Crippen LogP contribution < -0.4 is 24.4 Å². The number of anilines is 1. The third kappa shape index (κ3) is 5.04. The van der Waals surface area contributed by atoms with Crippen LogP contribution in [0.5, 0.6) is 17.2 Å². The molecule has 4 amide bonds. The second kappa shape index (κ2) is 10.7. The number of ether oxygens (including phenoxy) is 3. The molecule has 0 aromatic heterocycles. The molecule has 0 atom stereocenters. The van der Waals surface area contributed by atoms with E-state index in [0.717, 1.165) is 26.8 Å². The Kier molecular flexibility index (Phi) is 7.01. The summed E-state index contributed by atoms with van der Waals surface area (Å²) >= 11 is 0. The standard InChI is InChI=1S/C31H26N2O6/c1-19-8-9-20-6-4-5-7-25(20)27(19)18-39-28-17-24(38-3)13-10-21(28)16-26-29(34)32-31(36)33(30(26)35)22-11-14-23(37-2)15-12-22/h4-17H,18H2,1-3H3,(H,32,34,36)/b26-16+. The van der Waals surface area contributed by atoms with Crippen molar-refractivity contribution in [3.05, 3.63) is 101 Å².